The van der Waals surface area contributed by atoms with Gasteiger partial charge in [-0.25, -0.2) is 31.9 Å². The maximum Gasteiger partial charge on any atom is 0.522 e. The SMILES string of the molecule is CCC(=O)N1CCC(NC(=O)Nc2ccccc2)CC1.CCCN1CCC(NC(=O)Nc2ccccc2)CC1.CCS(=O)(=O)N1CCC(NC(=O)Nc2ccccc2)CC1.COC(F)(F)F.COC(F)(F)F.COC(F)(F)F.COC(F)(F)F.O=C(Nc1ccccc1)NC1CCNCC1. The van der Waals surface area contributed by atoms with Crippen LogP contribution in [-0.2, 0) is 33.8 Å². The summed E-state index contributed by atoms with van der Waals surface area (Å²) in [5, 5.41) is 26.4. The molecule has 4 aliphatic heterocycles. The zero-order valence-electron chi connectivity index (χ0n) is 56.8. The highest BCUT2D eigenvalue weighted by Crippen LogP contribution is 2.19. The second-order valence-corrected chi connectivity index (χ2v) is 23.9. The number of carbonyl (C=O) groups excluding carboxylic acids is 5. The Kier molecular flexibility index (Phi) is 44.2. The molecule has 4 fully saturated rings. The van der Waals surface area contributed by atoms with Crippen molar-refractivity contribution in [2.75, 3.05) is 114 Å². The molecule has 0 saturated carbocycles. The molecule has 4 aromatic carbocycles. The number of benzene rings is 4. The highest BCUT2D eigenvalue weighted by Gasteiger charge is 2.30. The fraction of sp³-hybridized carbons (Fsp3) is 0.547. The summed E-state index contributed by atoms with van der Waals surface area (Å²) in [6, 6.07) is 37.7. The van der Waals surface area contributed by atoms with E-state index in [0.717, 1.165) is 101 Å². The van der Waals surface area contributed by atoms with Crippen molar-refractivity contribution in [3.8, 4) is 0 Å². The number of likely N-dealkylation sites (tertiary alicyclic amines) is 2. The fourth-order valence-corrected chi connectivity index (χ4v) is 10.2. The number of urea groups is 4. The maximum atomic E-state index is 11.9. The Morgan fingerprint density at radius 1 is 0.420 bits per heavy atom. The molecule has 9 N–H and O–H groups in total. The summed E-state index contributed by atoms with van der Waals surface area (Å²) in [7, 11) is -0.783. The van der Waals surface area contributed by atoms with Gasteiger partial charge in [-0.15, -0.1) is 52.7 Å². The van der Waals surface area contributed by atoms with Crippen molar-refractivity contribution in [3.63, 3.8) is 0 Å². The number of anilines is 4. The predicted molar refractivity (Wildman–Crippen MR) is 356 cm³/mol. The van der Waals surface area contributed by atoms with Gasteiger partial charge in [-0.3, -0.25) is 23.7 Å². The molecule has 0 spiro atoms. The van der Waals surface area contributed by atoms with Crippen molar-refractivity contribution in [1.29, 1.82) is 0 Å². The van der Waals surface area contributed by atoms with Crippen LogP contribution in [0.3, 0.4) is 0 Å². The summed E-state index contributed by atoms with van der Waals surface area (Å²) >= 11 is 0. The summed E-state index contributed by atoms with van der Waals surface area (Å²) < 4.78 is 164. The predicted octanol–water partition coefficient (Wildman–Crippen LogP) is 12.7. The first-order chi connectivity index (χ1) is 47.1. The van der Waals surface area contributed by atoms with Crippen LogP contribution in [0.5, 0.6) is 0 Å². The third kappa shape index (κ3) is 46.6. The molecule has 9 amide bonds. The summed E-state index contributed by atoms with van der Waals surface area (Å²) in [5.74, 6) is 0.316. The average molecular weight is 1470 g/mol. The third-order valence-corrected chi connectivity index (χ3v) is 16.1. The van der Waals surface area contributed by atoms with Crippen LogP contribution in [0, 0.1) is 0 Å². The van der Waals surface area contributed by atoms with Gasteiger partial charge in [0.15, 0.2) is 0 Å². The second kappa shape index (κ2) is 48.9. The molecule has 100 heavy (non-hydrogen) atoms. The number of para-hydroxylation sites is 4. The smallest absolute Gasteiger partial charge is 0.343 e. The van der Waals surface area contributed by atoms with Gasteiger partial charge in [0.25, 0.3) is 0 Å². The molecule has 4 aliphatic rings. The van der Waals surface area contributed by atoms with Crippen LogP contribution in [0.15, 0.2) is 121 Å². The minimum absolute atomic E-state index is 0.0111. The average Bonchev–Trinajstić information content (AvgIpc) is 0.845. The number of piperidine rings is 4. The molecule has 0 aromatic heterocycles. The van der Waals surface area contributed by atoms with Gasteiger partial charge in [-0.05, 0) is 133 Å². The van der Waals surface area contributed by atoms with Gasteiger partial charge in [0.1, 0.15) is 0 Å². The normalized spacial score (nSPS) is 15.6. The van der Waals surface area contributed by atoms with Crippen LogP contribution in [0.4, 0.5) is 94.6 Å². The minimum atomic E-state index is -4.46. The van der Waals surface area contributed by atoms with Crippen LogP contribution in [0.2, 0.25) is 0 Å². The van der Waals surface area contributed by atoms with E-state index in [4.69, 9.17) is 0 Å². The van der Waals surface area contributed by atoms with E-state index in [1.807, 2.05) is 133 Å². The van der Waals surface area contributed by atoms with Crippen LogP contribution in [-0.4, -0.2) is 195 Å². The summed E-state index contributed by atoms with van der Waals surface area (Å²) in [6.07, 6.45) is -9.08. The monoisotopic (exact) mass is 1470 g/mol. The molecule has 36 heteroatoms. The van der Waals surface area contributed by atoms with E-state index >= 15 is 0 Å². The number of methoxy groups -OCH3 is 4. The molecule has 8 rings (SSSR count). The molecule has 0 radical (unpaired) electrons. The van der Waals surface area contributed by atoms with E-state index in [1.54, 1.807) is 6.92 Å². The lowest BCUT2D eigenvalue weighted by Gasteiger charge is -2.32. The van der Waals surface area contributed by atoms with Gasteiger partial charge in [0.05, 0.1) is 5.75 Å². The Balaban J connectivity index is 0.000000602. The second-order valence-electron chi connectivity index (χ2n) is 21.7. The van der Waals surface area contributed by atoms with Crippen LogP contribution in [0.1, 0.15) is 85.0 Å². The van der Waals surface area contributed by atoms with E-state index in [2.05, 4.69) is 78.6 Å². The standard InChI is InChI=1S/C15H21N3O2.C15H23N3O.C14H21N3O3S.C12H17N3O.4C2H3F3O/c1-2-14(19)18-10-8-13(9-11-18)17-15(20)16-12-6-4-3-5-7-12;1-2-10-18-11-8-14(9-12-18)17-15(19)16-13-6-4-3-5-7-13;1-2-21(19,20)17-10-8-13(9-11-17)16-14(18)15-12-6-4-3-5-7-12;16-12(14-10-4-2-1-3-5-10)15-11-6-8-13-9-7-11;4*1-6-2(3,4)5/h3-7,13H,2,8-11H2,1H3,(H2,16,17,20);3-7,14H,2,8-12H2,1H3,(H2,16,17,19);3-7,13H,2,8-11H2,1H3,(H2,15,16,18);1-5,11,13H,6-9H2,(H2,14,15,16);4*1H3. The number of rotatable bonds is 13. The number of carbonyl (C=O) groups is 5. The molecular weight excluding hydrogens is 1370 g/mol. The number of ether oxygens (including phenoxy) is 4. The topological polar surface area (TPSA) is 274 Å². The number of amides is 9. The number of alkyl halides is 12. The molecule has 0 aliphatic carbocycles. The lowest BCUT2D eigenvalue weighted by molar-refractivity contribution is -0.312. The largest absolute Gasteiger partial charge is 0.522 e. The van der Waals surface area contributed by atoms with Crippen molar-refractivity contribution in [2.24, 2.45) is 0 Å². The zero-order valence-corrected chi connectivity index (χ0v) is 57.6. The number of nitrogens with zero attached hydrogens (tertiary/aromatic N) is 3. The van der Waals surface area contributed by atoms with Gasteiger partial charge in [0.2, 0.25) is 15.9 Å². The Bertz CT molecular complexity index is 2890. The molecule has 0 atom stereocenters. The number of hydrogen-bond donors (Lipinski definition) is 9. The number of sulfonamides is 1. The lowest BCUT2D eigenvalue weighted by Crippen LogP contribution is -2.47. The fourth-order valence-electron chi connectivity index (χ4n) is 9.04. The Morgan fingerprint density at radius 2 is 0.670 bits per heavy atom. The molecule has 4 heterocycles. The zero-order chi connectivity index (χ0) is 75.2. The first-order valence-corrected chi connectivity index (χ1v) is 33.3. The van der Waals surface area contributed by atoms with E-state index < -0.39 is 35.5 Å². The molecular formula is C64H94F12N12O11S. The van der Waals surface area contributed by atoms with Crippen molar-refractivity contribution < 1.29 is 104 Å². The van der Waals surface area contributed by atoms with Crippen molar-refractivity contribution in [1.82, 2.24) is 40.7 Å². The molecule has 4 saturated heterocycles. The van der Waals surface area contributed by atoms with Crippen LogP contribution >= 0.6 is 0 Å². The summed E-state index contributed by atoms with van der Waals surface area (Å²) in [6.45, 7) is 13.4. The lowest BCUT2D eigenvalue weighted by atomic mass is 10.1. The molecule has 566 valence electrons. The number of hydrogen-bond acceptors (Lipinski definition) is 13. The molecule has 0 unspecified atom stereocenters. The van der Waals surface area contributed by atoms with Crippen molar-refractivity contribution in [3.05, 3.63) is 121 Å². The number of nitrogens with one attached hydrogen (secondary N) is 9. The summed E-state index contributed by atoms with van der Waals surface area (Å²) in [5.41, 5.74) is 3.18. The highest BCUT2D eigenvalue weighted by molar-refractivity contribution is 7.89. The third-order valence-electron chi connectivity index (χ3n) is 14.2. The van der Waals surface area contributed by atoms with Crippen LogP contribution < -0.4 is 47.9 Å². The summed E-state index contributed by atoms with van der Waals surface area (Å²) in [4.78, 5) is 63.1. The van der Waals surface area contributed by atoms with E-state index in [1.165, 1.54) is 17.3 Å². The van der Waals surface area contributed by atoms with Gasteiger partial charge >= 0.3 is 49.6 Å². The Labute approximate surface area is 575 Å². The highest BCUT2D eigenvalue weighted by atomic mass is 32.2. The Hall–Kier alpha value is -7.74. The number of halogens is 12. The van der Waals surface area contributed by atoms with E-state index in [9.17, 15) is 85.1 Å². The molecule has 23 nitrogen and oxygen atoms in total. The van der Waals surface area contributed by atoms with E-state index in [0.29, 0.717) is 72.9 Å². The maximum absolute atomic E-state index is 11.9. The molecule has 4 aromatic rings. The van der Waals surface area contributed by atoms with Crippen molar-refractivity contribution in [2.45, 2.75) is 135 Å². The van der Waals surface area contributed by atoms with Gasteiger partial charge in [-0.2, -0.15) is 0 Å². The molecule has 0 bridgehead atoms. The van der Waals surface area contributed by atoms with Crippen LogP contribution in [0.25, 0.3) is 0 Å². The van der Waals surface area contributed by atoms with Gasteiger partial charge < -0.3 is 57.7 Å². The quantitative estimate of drug-likeness (QED) is 0.0564. The first kappa shape index (κ1) is 90.3. The first-order valence-electron chi connectivity index (χ1n) is 31.7. The van der Waals surface area contributed by atoms with Crippen molar-refractivity contribution >= 4 is 62.8 Å². The van der Waals surface area contributed by atoms with Gasteiger partial charge in [0, 0.05) is 121 Å². The Morgan fingerprint density at radius 3 is 0.910 bits per heavy atom. The minimum Gasteiger partial charge on any atom is -0.343 e. The van der Waals surface area contributed by atoms with Gasteiger partial charge in [-0.1, -0.05) is 86.6 Å². The van der Waals surface area contributed by atoms with E-state index in [-0.39, 0.29) is 47.9 Å².